The molecule has 0 radical (unpaired) electrons. The molecule has 0 aliphatic heterocycles. The quantitative estimate of drug-likeness (QED) is 0.818. The van der Waals surface area contributed by atoms with Gasteiger partial charge in [0.1, 0.15) is 0 Å². The normalized spacial score (nSPS) is 13.6. The van der Waals surface area contributed by atoms with Gasteiger partial charge in [-0.1, -0.05) is 31.5 Å². The highest BCUT2D eigenvalue weighted by atomic mass is 16.3. The van der Waals surface area contributed by atoms with E-state index in [2.05, 4.69) is 45.1 Å². The highest BCUT2D eigenvalue weighted by Gasteiger charge is 2.23. The van der Waals surface area contributed by atoms with Crippen LogP contribution in [0.3, 0.4) is 0 Å². The maximum Gasteiger partial charge on any atom is 0.0766 e. The Morgan fingerprint density at radius 1 is 1.11 bits per heavy atom. The average Bonchev–Trinajstić information content (AvgIpc) is 2.34. The molecule has 1 atom stereocenters. The maximum atomic E-state index is 10.3. The first kappa shape index (κ1) is 16.2. The SMILES string of the molecule is CCC(O)(CC)CNC(C)c1c(C)cc(C)cc1C. The predicted octanol–water partition coefficient (Wildman–Crippen LogP) is 3.81. The molecular formula is C17H29NO. The fourth-order valence-corrected chi connectivity index (χ4v) is 2.82. The van der Waals surface area contributed by atoms with Crippen LogP contribution in [0.15, 0.2) is 12.1 Å². The molecule has 1 aromatic carbocycles. The van der Waals surface area contributed by atoms with Gasteiger partial charge in [-0.25, -0.2) is 0 Å². The Morgan fingerprint density at radius 2 is 1.58 bits per heavy atom. The van der Waals surface area contributed by atoms with E-state index in [1.807, 2.05) is 13.8 Å². The van der Waals surface area contributed by atoms with Gasteiger partial charge in [0.25, 0.3) is 0 Å². The fourth-order valence-electron chi connectivity index (χ4n) is 2.82. The molecule has 1 aromatic rings. The lowest BCUT2D eigenvalue weighted by Gasteiger charge is -2.29. The summed E-state index contributed by atoms with van der Waals surface area (Å²) >= 11 is 0. The Kier molecular flexibility index (Phi) is 5.57. The van der Waals surface area contributed by atoms with Crippen LogP contribution >= 0.6 is 0 Å². The van der Waals surface area contributed by atoms with E-state index in [-0.39, 0.29) is 6.04 Å². The van der Waals surface area contributed by atoms with Crippen LogP contribution in [0.25, 0.3) is 0 Å². The number of nitrogens with one attached hydrogen (secondary N) is 1. The first-order chi connectivity index (χ1) is 8.83. The third-order valence-corrected chi connectivity index (χ3v) is 4.22. The molecule has 2 heteroatoms. The van der Waals surface area contributed by atoms with Crippen LogP contribution in [0.2, 0.25) is 0 Å². The van der Waals surface area contributed by atoms with Gasteiger partial charge in [0.2, 0.25) is 0 Å². The Hall–Kier alpha value is -0.860. The summed E-state index contributed by atoms with van der Waals surface area (Å²) in [6.45, 7) is 13.4. The Balaban J connectivity index is 2.82. The van der Waals surface area contributed by atoms with E-state index in [0.717, 1.165) is 12.8 Å². The molecule has 1 unspecified atom stereocenters. The molecule has 0 aliphatic carbocycles. The molecule has 0 spiro atoms. The van der Waals surface area contributed by atoms with Crippen molar-refractivity contribution < 1.29 is 5.11 Å². The molecule has 0 bridgehead atoms. The Morgan fingerprint density at radius 3 is 2.00 bits per heavy atom. The first-order valence-electron chi connectivity index (χ1n) is 7.36. The molecule has 0 fully saturated rings. The number of benzene rings is 1. The van der Waals surface area contributed by atoms with Gasteiger partial charge in [0.15, 0.2) is 0 Å². The van der Waals surface area contributed by atoms with Gasteiger partial charge in [-0.15, -0.1) is 0 Å². The van der Waals surface area contributed by atoms with Crippen LogP contribution in [-0.2, 0) is 0 Å². The van der Waals surface area contributed by atoms with Crippen LogP contribution < -0.4 is 5.32 Å². The highest BCUT2D eigenvalue weighted by Crippen LogP contribution is 2.24. The van der Waals surface area contributed by atoms with Crippen molar-refractivity contribution in [1.82, 2.24) is 5.32 Å². The molecule has 19 heavy (non-hydrogen) atoms. The zero-order valence-corrected chi connectivity index (χ0v) is 13.3. The van der Waals surface area contributed by atoms with Crippen LogP contribution in [-0.4, -0.2) is 17.3 Å². The lowest BCUT2D eigenvalue weighted by molar-refractivity contribution is 0.0303. The van der Waals surface area contributed by atoms with Crippen LogP contribution in [0.5, 0.6) is 0 Å². The molecule has 0 heterocycles. The Labute approximate surface area is 118 Å². The number of aliphatic hydroxyl groups is 1. The van der Waals surface area contributed by atoms with Gasteiger partial charge in [-0.05, 0) is 57.2 Å². The third-order valence-electron chi connectivity index (χ3n) is 4.22. The largest absolute Gasteiger partial charge is 0.389 e. The molecule has 0 saturated heterocycles. The second kappa shape index (κ2) is 6.53. The standard InChI is InChI=1S/C17H29NO/c1-7-17(19,8-2)11-18-15(6)16-13(4)9-12(3)10-14(16)5/h9-10,15,18-19H,7-8,11H2,1-6H3. The van der Waals surface area contributed by atoms with E-state index >= 15 is 0 Å². The van der Waals surface area contributed by atoms with E-state index in [4.69, 9.17) is 0 Å². The molecule has 2 nitrogen and oxygen atoms in total. The van der Waals surface area contributed by atoms with E-state index in [9.17, 15) is 5.11 Å². The van der Waals surface area contributed by atoms with Crippen LogP contribution in [0.1, 0.15) is 61.9 Å². The van der Waals surface area contributed by atoms with Gasteiger partial charge in [0, 0.05) is 12.6 Å². The lowest BCUT2D eigenvalue weighted by atomic mass is 9.93. The summed E-state index contributed by atoms with van der Waals surface area (Å²) in [4.78, 5) is 0. The zero-order chi connectivity index (χ0) is 14.6. The molecule has 0 aromatic heterocycles. The third kappa shape index (κ3) is 4.05. The topological polar surface area (TPSA) is 32.3 Å². The molecule has 1 rings (SSSR count). The minimum atomic E-state index is -0.583. The second-order valence-electron chi connectivity index (χ2n) is 5.85. The zero-order valence-electron chi connectivity index (χ0n) is 13.3. The van der Waals surface area contributed by atoms with Crippen molar-refractivity contribution >= 4 is 0 Å². The van der Waals surface area contributed by atoms with Crippen molar-refractivity contribution in [2.45, 2.75) is 66.0 Å². The molecule has 0 saturated carbocycles. The van der Waals surface area contributed by atoms with E-state index in [1.165, 1.54) is 22.3 Å². The first-order valence-corrected chi connectivity index (χ1v) is 7.36. The van der Waals surface area contributed by atoms with Crippen molar-refractivity contribution in [3.8, 4) is 0 Å². The second-order valence-corrected chi connectivity index (χ2v) is 5.85. The van der Waals surface area contributed by atoms with Gasteiger partial charge in [-0.3, -0.25) is 0 Å². The number of hydrogen-bond donors (Lipinski definition) is 2. The van der Waals surface area contributed by atoms with Crippen molar-refractivity contribution in [2.75, 3.05) is 6.54 Å². The molecule has 2 N–H and O–H groups in total. The highest BCUT2D eigenvalue weighted by molar-refractivity contribution is 5.39. The lowest BCUT2D eigenvalue weighted by Crippen LogP contribution is -2.40. The summed E-state index contributed by atoms with van der Waals surface area (Å²) < 4.78 is 0. The summed E-state index contributed by atoms with van der Waals surface area (Å²) in [5, 5.41) is 13.8. The molecule has 0 amide bonds. The van der Waals surface area contributed by atoms with Crippen molar-refractivity contribution in [1.29, 1.82) is 0 Å². The van der Waals surface area contributed by atoms with Gasteiger partial charge in [-0.2, -0.15) is 0 Å². The maximum absolute atomic E-state index is 10.3. The van der Waals surface area contributed by atoms with Gasteiger partial charge < -0.3 is 10.4 Å². The summed E-state index contributed by atoms with van der Waals surface area (Å²) in [7, 11) is 0. The number of aryl methyl sites for hydroxylation is 3. The van der Waals surface area contributed by atoms with Crippen LogP contribution in [0.4, 0.5) is 0 Å². The fraction of sp³-hybridized carbons (Fsp3) is 0.647. The molecule has 108 valence electrons. The van der Waals surface area contributed by atoms with Crippen molar-refractivity contribution in [2.24, 2.45) is 0 Å². The summed E-state index contributed by atoms with van der Waals surface area (Å²) in [6.07, 6.45) is 1.57. The smallest absolute Gasteiger partial charge is 0.0766 e. The minimum Gasteiger partial charge on any atom is -0.389 e. The summed E-state index contributed by atoms with van der Waals surface area (Å²) in [5.74, 6) is 0. The van der Waals surface area contributed by atoms with Crippen molar-refractivity contribution in [3.63, 3.8) is 0 Å². The molecule has 0 aliphatic rings. The van der Waals surface area contributed by atoms with Gasteiger partial charge >= 0.3 is 0 Å². The average molecular weight is 263 g/mol. The van der Waals surface area contributed by atoms with E-state index in [1.54, 1.807) is 0 Å². The monoisotopic (exact) mass is 263 g/mol. The van der Waals surface area contributed by atoms with Gasteiger partial charge in [0.05, 0.1) is 5.60 Å². The Bertz CT molecular complexity index is 398. The van der Waals surface area contributed by atoms with Crippen LogP contribution in [0, 0.1) is 20.8 Å². The molecular weight excluding hydrogens is 234 g/mol. The predicted molar refractivity (Wildman–Crippen MR) is 82.6 cm³/mol. The van der Waals surface area contributed by atoms with Crippen molar-refractivity contribution in [3.05, 3.63) is 34.4 Å². The number of rotatable bonds is 6. The summed E-state index contributed by atoms with van der Waals surface area (Å²) in [5.41, 5.74) is 4.74. The summed E-state index contributed by atoms with van der Waals surface area (Å²) in [6, 6.07) is 4.73. The van der Waals surface area contributed by atoms with E-state index < -0.39 is 5.60 Å². The minimum absolute atomic E-state index is 0.269. The van der Waals surface area contributed by atoms with E-state index in [0.29, 0.717) is 6.54 Å². The number of hydrogen-bond acceptors (Lipinski definition) is 2.